The number of nitrogens with zero attached hydrogens (tertiary/aromatic N) is 1. The number of nitrogens with one attached hydrogen (secondary N) is 3. The Bertz CT molecular complexity index is 1130. The average Bonchev–Trinajstić information content (AvgIpc) is 3.42. The van der Waals surface area contributed by atoms with E-state index in [1.165, 1.54) is 25.3 Å². The van der Waals surface area contributed by atoms with Crippen LogP contribution in [-0.4, -0.2) is 52.6 Å². The normalized spacial score (nSPS) is 21.0. The maximum absolute atomic E-state index is 13.3. The summed E-state index contributed by atoms with van der Waals surface area (Å²) in [4.78, 5) is 15.6. The Balaban J connectivity index is 1.55. The largest absolute Gasteiger partial charge is 0.465 e. The molecular formula is C22H27FN4O4S2. The minimum Gasteiger partial charge on any atom is -0.465 e. The fraction of sp³-hybridized carbons (Fsp3) is 0.409. The molecule has 178 valence electrons. The summed E-state index contributed by atoms with van der Waals surface area (Å²) in [5.41, 5.74) is 8.37. The lowest BCUT2D eigenvalue weighted by atomic mass is 9.93. The van der Waals surface area contributed by atoms with Crippen molar-refractivity contribution in [3.05, 3.63) is 64.3 Å². The van der Waals surface area contributed by atoms with Gasteiger partial charge in [0.05, 0.1) is 18.7 Å². The molecule has 11 heteroatoms. The summed E-state index contributed by atoms with van der Waals surface area (Å²) < 4.78 is 46.3. The van der Waals surface area contributed by atoms with Gasteiger partial charge in [0, 0.05) is 43.5 Å². The molecule has 8 nitrogen and oxygen atoms in total. The summed E-state index contributed by atoms with van der Waals surface area (Å²) in [6.07, 6.45) is 2.01. The molecule has 2 atom stereocenters. The molecule has 1 fully saturated rings. The van der Waals surface area contributed by atoms with Crippen molar-refractivity contribution in [2.24, 2.45) is 5.92 Å². The molecule has 2 aliphatic heterocycles. The van der Waals surface area contributed by atoms with Crippen LogP contribution in [0.3, 0.4) is 0 Å². The number of halogens is 1. The van der Waals surface area contributed by atoms with Crippen LogP contribution in [-0.2, 0) is 27.7 Å². The van der Waals surface area contributed by atoms with Crippen LogP contribution in [0.5, 0.6) is 0 Å². The molecule has 33 heavy (non-hydrogen) atoms. The third-order valence-electron chi connectivity index (χ3n) is 5.97. The molecule has 4 rings (SSSR count). The lowest BCUT2D eigenvalue weighted by molar-refractivity contribution is 0.0595. The highest BCUT2D eigenvalue weighted by molar-refractivity contribution is 7.91. The van der Waals surface area contributed by atoms with Gasteiger partial charge in [0.15, 0.2) is 0 Å². The third kappa shape index (κ3) is 5.03. The number of carbonyl (C=O) groups excluding carboxylic acids is 1. The average molecular weight is 495 g/mol. The van der Waals surface area contributed by atoms with Crippen LogP contribution in [0.4, 0.5) is 4.39 Å². The van der Waals surface area contributed by atoms with E-state index in [-0.39, 0.29) is 34.1 Å². The van der Waals surface area contributed by atoms with Gasteiger partial charge in [0.25, 0.3) is 10.0 Å². The van der Waals surface area contributed by atoms with Gasteiger partial charge in [0.1, 0.15) is 10.0 Å². The smallest absolute Gasteiger partial charge is 0.340 e. The minimum absolute atomic E-state index is 0.00330. The number of hydrogen-bond acceptors (Lipinski definition) is 8. The van der Waals surface area contributed by atoms with Gasteiger partial charge in [-0.25, -0.2) is 27.8 Å². The minimum atomic E-state index is -3.86. The zero-order chi connectivity index (χ0) is 23.6. The highest BCUT2D eigenvalue weighted by Crippen LogP contribution is 2.37. The number of ether oxygens (including phenoxy) is 1. The molecule has 0 bridgehead atoms. The number of hydrazine groups is 1. The first-order chi connectivity index (χ1) is 15.8. The lowest BCUT2D eigenvalue weighted by Gasteiger charge is -2.31. The zero-order valence-electron chi connectivity index (χ0n) is 18.3. The summed E-state index contributed by atoms with van der Waals surface area (Å²) in [6.45, 7) is 6.38. The van der Waals surface area contributed by atoms with Crippen molar-refractivity contribution in [2.75, 3.05) is 33.3 Å². The second-order valence-corrected chi connectivity index (χ2v) is 11.2. The lowest BCUT2D eigenvalue weighted by Crippen LogP contribution is -2.36. The summed E-state index contributed by atoms with van der Waals surface area (Å²) in [7, 11) is -2.61. The van der Waals surface area contributed by atoms with Crippen molar-refractivity contribution in [1.82, 2.24) is 20.5 Å². The van der Waals surface area contributed by atoms with Crippen LogP contribution in [0, 0.1) is 11.7 Å². The molecule has 1 aromatic heterocycles. The van der Waals surface area contributed by atoms with Crippen molar-refractivity contribution < 1.29 is 22.3 Å². The quantitative estimate of drug-likeness (QED) is 0.381. The van der Waals surface area contributed by atoms with Gasteiger partial charge in [-0.15, -0.1) is 17.9 Å². The molecule has 3 heterocycles. The molecule has 1 aromatic carbocycles. The number of benzene rings is 1. The van der Waals surface area contributed by atoms with E-state index < -0.39 is 16.0 Å². The Labute approximate surface area is 196 Å². The Hall–Kier alpha value is -2.15. The second-order valence-electron chi connectivity index (χ2n) is 8.10. The van der Waals surface area contributed by atoms with Gasteiger partial charge in [-0.1, -0.05) is 18.2 Å². The Morgan fingerprint density at radius 2 is 2.15 bits per heavy atom. The first-order valence-electron chi connectivity index (χ1n) is 10.6. The van der Waals surface area contributed by atoms with E-state index >= 15 is 0 Å². The van der Waals surface area contributed by atoms with E-state index in [1.54, 1.807) is 12.1 Å². The fourth-order valence-electron chi connectivity index (χ4n) is 4.38. The van der Waals surface area contributed by atoms with Gasteiger partial charge >= 0.3 is 5.97 Å². The SMILES string of the molecule is C=CCNS(=O)(=O)c1sc2c(c1C(=O)OC)CCN(CC1CNNC1c1ccc(F)cc1)C2. The van der Waals surface area contributed by atoms with Gasteiger partial charge in [0.2, 0.25) is 0 Å². The molecule has 0 spiro atoms. The highest BCUT2D eigenvalue weighted by atomic mass is 32.2. The Kier molecular flexibility index (Phi) is 7.27. The first kappa shape index (κ1) is 24.0. The van der Waals surface area contributed by atoms with Crippen LogP contribution >= 0.6 is 11.3 Å². The fourth-order valence-corrected chi connectivity index (χ4v) is 7.35. The summed E-state index contributed by atoms with van der Waals surface area (Å²) in [6, 6.07) is 6.54. The van der Waals surface area contributed by atoms with Gasteiger partial charge in [-0.3, -0.25) is 10.3 Å². The number of hydrogen-bond donors (Lipinski definition) is 3. The van der Waals surface area contributed by atoms with Crippen LogP contribution in [0.1, 0.15) is 32.4 Å². The molecule has 2 aliphatic rings. The maximum atomic E-state index is 13.3. The van der Waals surface area contributed by atoms with Crippen LogP contribution in [0.15, 0.2) is 41.1 Å². The van der Waals surface area contributed by atoms with E-state index in [2.05, 4.69) is 27.1 Å². The summed E-state index contributed by atoms with van der Waals surface area (Å²) in [5, 5.41) is 0. The molecule has 0 radical (unpaired) electrons. The topological polar surface area (TPSA) is 99.8 Å². The van der Waals surface area contributed by atoms with Gasteiger partial charge < -0.3 is 4.74 Å². The van der Waals surface area contributed by atoms with E-state index in [4.69, 9.17) is 4.74 Å². The van der Waals surface area contributed by atoms with Crippen molar-refractivity contribution in [1.29, 1.82) is 0 Å². The molecule has 2 unspecified atom stereocenters. The molecule has 0 saturated carbocycles. The number of fused-ring (bicyclic) bond motifs is 1. The third-order valence-corrected chi connectivity index (χ3v) is 9.13. The predicted octanol–water partition coefficient (Wildman–Crippen LogP) is 1.96. The van der Waals surface area contributed by atoms with Gasteiger partial charge in [-0.2, -0.15) is 0 Å². The van der Waals surface area contributed by atoms with E-state index in [9.17, 15) is 17.6 Å². The van der Waals surface area contributed by atoms with Crippen molar-refractivity contribution in [3.8, 4) is 0 Å². The van der Waals surface area contributed by atoms with E-state index in [0.717, 1.165) is 40.4 Å². The highest BCUT2D eigenvalue weighted by Gasteiger charge is 2.36. The van der Waals surface area contributed by atoms with Crippen LogP contribution in [0.25, 0.3) is 0 Å². The van der Waals surface area contributed by atoms with Crippen LogP contribution < -0.4 is 15.6 Å². The van der Waals surface area contributed by atoms with Crippen molar-refractivity contribution in [3.63, 3.8) is 0 Å². The van der Waals surface area contributed by atoms with E-state index in [1.807, 2.05) is 0 Å². The molecule has 2 aromatic rings. The van der Waals surface area contributed by atoms with E-state index in [0.29, 0.717) is 19.5 Å². The van der Waals surface area contributed by atoms with Crippen LogP contribution in [0.2, 0.25) is 0 Å². The summed E-state index contributed by atoms with van der Waals surface area (Å²) >= 11 is 1.12. The maximum Gasteiger partial charge on any atom is 0.340 e. The first-order valence-corrected chi connectivity index (χ1v) is 12.9. The number of methoxy groups -OCH3 is 1. The number of thiophene rings is 1. The second kappa shape index (κ2) is 10.00. The Morgan fingerprint density at radius 3 is 2.85 bits per heavy atom. The number of carbonyl (C=O) groups is 1. The number of esters is 1. The molecule has 0 aliphatic carbocycles. The molecule has 3 N–H and O–H groups in total. The van der Waals surface area contributed by atoms with Gasteiger partial charge in [-0.05, 0) is 29.7 Å². The number of sulfonamides is 1. The molecular weight excluding hydrogens is 467 g/mol. The Morgan fingerprint density at radius 1 is 1.39 bits per heavy atom. The van der Waals surface area contributed by atoms with Crippen molar-refractivity contribution in [2.45, 2.75) is 23.2 Å². The van der Waals surface area contributed by atoms with Crippen molar-refractivity contribution >= 4 is 27.3 Å². The number of rotatable bonds is 8. The summed E-state index contributed by atoms with van der Waals surface area (Å²) in [5.74, 6) is -0.660. The zero-order valence-corrected chi connectivity index (χ0v) is 19.9. The standard InChI is InChI=1S/C22H27FN4O4S2/c1-3-9-25-33(29,30)22-19(21(28)31-2)17-8-10-27(13-18(17)32-22)12-15-11-24-26-20(15)14-4-6-16(23)7-5-14/h3-7,15,20,24-26H,1,8-13H2,2H3. The molecule has 1 saturated heterocycles. The monoisotopic (exact) mass is 494 g/mol. The molecule has 0 amide bonds. The predicted molar refractivity (Wildman–Crippen MR) is 124 cm³/mol.